The number of anilines is 1. The van der Waals surface area contributed by atoms with E-state index in [0.717, 1.165) is 30.8 Å². The van der Waals surface area contributed by atoms with E-state index in [9.17, 15) is 9.59 Å². The van der Waals surface area contributed by atoms with Crippen molar-refractivity contribution in [3.8, 4) is 5.75 Å². The Labute approximate surface area is 176 Å². The molecule has 1 saturated heterocycles. The van der Waals surface area contributed by atoms with Gasteiger partial charge in [0.2, 0.25) is 0 Å². The first kappa shape index (κ1) is 21.1. The van der Waals surface area contributed by atoms with Crippen LogP contribution in [-0.4, -0.2) is 37.6 Å². The van der Waals surface area contributed by atoms with Crippen LogP contribution in [0, 0.1) is 5.92 Å². The van der Waals surface area contributed by atoms with Crippen LogP contribution < -0.4 is 20.7 Å². The van der Waals surface area contributed by atoms with Crippen LogP contribution in [0.2, 0.25) is 0 Å². The molecule has 4 rings (SSSR count). The number of benzene rings is 2. The fraction of sp³-hybridized carbons (Fsp3) is 0.364. The summed E-state index contributed by atoms with van der Waals surface area (Å²) in [5.41, 5.74) is 2.17. The smallest absolute Gasteiger partial charge is 0.265 e. The third-order valence-corrected chi connectivity index (χ3v) is 5.33. The molecule has 3 N–H and O–H groups in total. The van der Waals surface area contributed by atoms with E-state index >= 15 is 0 Å². The van der Waals surface area contributed by atoms with E-state index in [-0.39, 0.29) is 24.2 Å². The Morgan fingerprint density at radius 2 is 2.00 bits per heavy atom. The van der Waals surface area contributed by atoms with E-state index < -0.39 is 6.10 Å². The van der Waals surface area contributed by atoms with Gasteiger partial charge >= 0.3 is 0 Å². The maximum Gasteiger partial charge on any atom is 0.265 e. The third-order valence-electron chi connectivity index (χ3n) is 5.33. The number of rotatable bonds is 6. The van der Waals surface area contributed by atoms with Gasteiger partial charge in [0.05, 0.1) is 0 Å². The minimum atomic E-state index is -0.546. The molecular weight excluding hydrogens is 390 g/mol. The van der Waals surface area contributed by atoms with Gasteiger partial charge in [-0.25, -0.2) is 0 Å². The Morgan fingerprint density at radius 1 is 1.14 bits per heavy atom. The fourth-order valence-electron chi connectivity index (χ4n) is 3.74. The molecule has 2 heterocycles. The zero-order chi connectivity index (χ0) is 19.3. The Kier molecular flexibility index (Phi) is 7.12. The molecule has 0 bridgehead atoms. The summed E-state index contributed by atoms with van der Waals surface area (Å²) in [6.07, 6.45) is 2.16. The number of carbonyl (C=O) groups is 2. The van der Waals surface area contributed by atoms with Gasteiger partial charge in [-0.2, -0.15) is 0 Å². The molecule has 6 nitrogen and oxygen atoms in total. The Hall–Kier alpha value is -2.57. The van der Waals surface area contributed by atoms with Crippen molar-refractivity contribution in [2.24, 2.45) is 5.92 Å². The summed E-state index contributed by atoms with van der Waals surface area (Å²) in [6, 6.07) is 14.7. The molecule has 154 valence electrons. The van der Waals surface area contributed by atoms with Crippen molar-refractivity contribution in [2.45, 2.75) is 25.4 Å². The fourth-order valence-corrected chi connectivity index (χ4v) is 3.74. The third kappa shape index (κ3) is 5.28. The lowest BCUT2D eigenvalue weighted by molar-refractivity contribution is -0.122. The summed E-state index contributed by atoms with van der Waals surface area (Å²) in [5.74, 6) is 1.07. The first-order chi connectivity index (χ1) is 13.7. The van der Waals surface area contributed by atoms with Gasteiger partial charge in [0.15, 0.2) is 6.10 Å². The molecule has 0 aliphatic carbocycles. The Morgan fingerprint density at radius 3 is 2.79 bits per heavy atom. The van der Waals surface area contributed by atoms with Gasteiger partial charge in [-0.15, -0.1) is 12.4 Å². The molecule has 2 atom stereocenters. The summed E-state index contributed by atoms with van der Waals surface area (Å²) >= 11 is 0. The second kappa shape index (κ2) is 9.76. The summed E-state index contributed by atoms with van der Waals surface area (Å²) < 4.78 is 5.72. The standard InChI is InChI=1S/C22H25N3O3.ClH/c26-21(24-11-9-15-8-10-23-14-15)17-5-3-6-18(12-17)25-22(27)20-13-16-4-1-2-7-19(16)28-20;/h1-7,12,15,20,23H,8-11,13-14H2,(H,24,26)(H,25,27);1H. The van der Waals surface area contributed by atoms with Gasteiger partial charge < -0.3 is 20.7 Å². The topological polar surface area (TPSA) is 79.5 Å². The van der Waals surface area contributed by atoms with Crippen LogP contribution in [-0.2, 0) is 11.2 Å². The van der Waals surface area contributed by atoms with Crippen LogP contribution in [0.4, 0.5) is 5.69 Å². The van der Waals surface area contributed by atoms with Crippen molar-refractivity contribution in [1.29, 1.82) is 0 Å². The van der Waals surface area contributed by atoms with Crippen molar-refractivity contribution in [1.82, 2.24) is 10.6 Å². The van der Waals surface area contributed by atoms with E-state index in [1.54, 1.807) is 24.3 Å². The monoisotopic (exact) mass is 415 g/mol. The summed E-state index contributed by atoms with van der Waals surface area (Å²) in [7, 11) is 0. The molecule has 0 radical (unpaired) electrons. The number of para-hydroxylation sites is 1. The molecule has 0 saturated carbocycles. The highest BCUT2D eigenvalue weighted by Gasteiger charge is 2.28. The molecule has 2 unspecified atom stereocenters. The maximum atomic E-state index is 12.5. The second-order valence-corrected chi connectivity index (χ2v) is 7.39. The summed E-state index contributed by atoms with van der Waals surface area (Å²) in [6.45, 7) is 2.76. The lowest BCUT2D eigenvalue weighted by Crippen LogP contribution is -2.31. The quantitative estimate of drug-likeness (QED) is 0.677. The number of nitrogens with one attached hydrogen (secondary N) is 3. The highest BCUT2D eigenvalue weighted by Crippen LogP contribution is 2.28. The molecule has 2 aliphatic heterocycles. The normalized spacial score (nSPS) is 19.6. The first-order valence-electron chi connectivity index (χ1n) is 9.83. The zero-order valence-electron chi connectivity index (χ0n) is 16.1. The second-order valence-electron chi connectivity index (χ2n) is 7.39. The van der Waals surface area contributed by atoms with Crippen LogP contribution in [0.15, 0.2) is 48.5 Å². The predicted molar refractivity (Wildman–Crippen MR) is 115 cm³/mol. The molecule has 7 heteroatoms. The lowest BCUT2D eigenvalue weighted by Gasteiger charge is -2.13. The van der Waals surface area contributed by atoms with Crippen LogP contribution in [0.5, 0.6) is 5.75 Å². The average molecular weight is 416 g/mol. The van der Waals surface area contributed by atoms with Crippen LogP contribution in [0.3, 0.4) is 0 Å². The summed E-state index contributed by atoms with van der Waals surface area (Å²) in [4.78, 5) is 24.9. The zero-order valence-corrected chi connectivity index (χ0v) is 17.0. The van der Waals surface area contributed by atoms with Crippen molar-refractivity contribution in [3.05, 3.63) is 59.7 Å². The Bertz CT molecular complexity index is 843. The molecule has 2 aliphatic rings. The minimum absolute atomic E-state index is 0. The number of ether oxygens (including phenoxy) is 1. The number of carbonyl (C=O) groups excluding carboxylic acids is 2. The number of hydrogen-bond donors (Lipinski definition) is 3. The van der Waals surface area contributed by atoms with E-state index in [2.05, 4.69) is 16.0 Å². The van der Waals surface area contributed by atoms with Crippen LogP contribution >= 0.6 is 12.4 Å². The molecule has 2 aromatic rings. The largest absolute Gasteiger partial charge is 0.480 e. The van der Waals surface area contributed by atoms with Crippen molar-refractivity contribution in [3.63, 3.8) is 0 Å². The van der Waals surface area contributed by atoms with Crippen molar-refractivity contribution < 1.29 is 14.3 Å². The molecule has 2 aromatic carbocycles. The van der Waals surface area contributed by atoms with Crippen LogP contribution in [0.25, 0.3) is 0 Å². The van der Waals surface area contributed by atoms with E-state index in [4.69, 9.17) is 4.74 Å². The van der Waals surface area contributed by atoms with Gasteiger partial charge in [-0.05, 0) is 61.7 Å². The van der Waals surface area contributed by atoms with Gasteiger partial charge in [0.1, 0.15) is 5.75 Å². The van der Waals surface area contributed by atoms with E-state index in [1.807, 2.05) is 24.3 Å². The number of fused-ring (bicyclic) bond motifs is 1. The maximum absolute atomic E-state index is 12.5. The molecule has 1 fully saturated rings. The minimum Gasteiger partial charge on any atom is -0.480 e. The van der Waals surface area contributed by atoms with E-state index in [0.29, 0.717) is 30.1 Å². The average Bonchev–Trinajstić information content (AvgIpc) is 3.37. The van der Waals surface area contributed by atoms with Gasteiger partial charge in [-0.3, -0.25) is 9.59 Å². The lowest BCUT2D eigenvalue weighted by atomic mass is 10.1. The highest BCUT2D eigenvalue weighted by molar-refractivity contribution is 5.98. The van der Waals surface area contributed by atoms with Crippen molar-refractivity contribution >= 4 is 29.9 Å². The first-order valence-corrected chi connectivity index (χ1v) is 9.83. The molecule has 2 amide bonds. The van der Waals surface area contributed by atoms with Gasteiger partial charge in [0.25, 0.3) is 11.8 Å². The molecule has 0 aromatic heterocycles. The van der Waals surface area contributed by atoms with Crippen LogP contribution in [0.1, 0.15) is 28.8 Å². The highest BCUT2D eigenvalue weighted by atomic mass is 35.5. The van der Waals surface area contributed by atoms with Gasteiger partial charge in [0, 0.05) is 24.2 Å². The molecular formula is C22H26ClN3O3. The van der Waals surface area contributed by atoms with Crippen molar-refractivity contribution in [2.75, 3.05) is 25.0 Å². The SMILES string of the molecule is Cl.O=C(NCCC1CCNC1)c1cccc(NC(=O)C2Cc3ccccc3O2)c1. The van der Waals surface area contributed by atoms with E-state index in [1.165, 1.54) is 6.42 Å². The number of halogens is 1. The summed E-state index contributed by atoms with van der Waals surface area (Å²) in [5, 5.41) is 9.17. The van der Waals surface area contributed by atoms with Gasteiger partial charge in [-0.1, -0.05) is 24.3 Å². The Balaban J connectivity index is 0.00000240. The predicted octanol–water partition coefficient (Wildman–Crippen LogP) is 2.78. The molecule has 29 heavy (non-hydrogen) atoms. The number of hydrogen-bond acceptors (Lipinski definition) is 4. The molecule has 0 spiro atoms. The number of amides is 2.